The highest BCUT2D eigenvalue weighted by Crippen LogP contribution is 2.18. The second kappa shape index (κ2) is 6.95. The molecule has 2 amide bonds. The molecule has 0 aliphatic rings. The van der Waals surface area contributed by atoms with Gasteiger partial charge < -0.3 is 15.7 Å². The zero-order chi connectivity index (χ0) is 13.5. The number of aromatic nitrogens is 1. The fourth-order valence-corrected chi connectivity index (χ4v) is 2.21. The summed E-state index contributed by atoms with van der Waals surface area (Å²) in [6.45, 7) is 3.64. The Bertz CT molecular complexity index is 394. The fraction of sp³-hybridized carbons (Fsp3) is 0.545. The molecule has 0 spiro atoms. The number of carboxylic acids is 1. The van der Waals surface area contributed by atoms with Crippen molar-refractivity contribution in [2.75, 3.05) is 0 Å². The van der Waals surface area contributed by atoms with Gasteiger partial charge in [0.05, 0.1) is 6.04 Å². The van der Waals surface area contributed by atoms with Gasteiger partial charge in [-0.3, -0.25) is 0 Å². The van der Waals surface area contributed by atoms with Crippen molar-refractivity contribution in [1.82, 2.24) is 15.6 Å². The van der Waals surface area contributed by atoms with E-state index in [0.29, 0.717) is 12.8 Å². The molecule has 0 aliphatic heterocycles. The Balaban J connectivity index is 2.55. The van der Waals surface area contributed by atoms with Crippen molar-refractivity contribution >= 4 is 23.3 Å². The van der Waals surface area contributed by atoms with Crippen LogP contribution >= 0.6 is 11.3 Å². The summed E-state index contributed by atoms with van der Waals surface area (Å²) in [6.07, 6.45) is 2.72. The van der Waals surface area contributed by atoms with Crippen LogP contribution in [0.25, 0.3) is 0 Å². The summed E-state index contributed by atoms with van der Waals surface area (Å²) in [7, 11) is 0. The first-order valence-electron chi connectivity index (χ1n) is 5.77. The van der Waals surface area contributed by atoms with Crippen LogP contribution in [0, 0.1) is 0 Å². The Labute approximate surface area is 109 Å². The van der Waals surface area contributed by atoms with Crippen LogP contribution in [0.2, 0.25) is 0 Å². The van der Waals surface area contributed by atoms with Gasteiger partial charge in [-0.1, -0.05) is 13.8 Å². The number of thiazole rings is 1. The molecule has 1 rings (SSSR count). The zero-order valence-electron chi connectivity index (χ0n) is 10.3. The van der Waals surface area contributed by atoms with Crippen LogP contribution in [-0.2, 0) is 4.79 Å². The average molecular weight is 271 g/mol. The normalized spacial score (nSPS) is 13.7. The van der Waals surface area contributed by atoms with Gasteiger partial charge in [0.25, 0.3) is 0 Å². The van der Waals surface area contributed by atoms with E-state index in [2.05, 4.69) is 15.6 Å². The van der Waals surface area contributed by atoms with Crippen LogP contribution in [0.1, 0.15) is 37.7 Å². The predicted molar refractivity (Wildman–Crippen MR) is 68.5 cm³/mol. The Morgan fingerprint density at radius 2 is 2.11 bits per heavy atom. The van der Waals surface area contributed by atoms with Gasteiger partial charge in [-0.2, -0.15) is 0 Å². The number of hydrogen-bond acceptors (Lipinski definition) is 4. The van der Waals surface area contributed by atoms with E-state index in [9.17, 15) is 9.59 Å². The number of carbonyl (C=O) groups excluding carboxylic acids is 1. The van der Waals surface area contributed by atoms with Crippen molar-refractivity contribution in [3.8, 4) is 0 Å². The molecule has 0 bridgehead atoms. The summed E-state index contributed by atoms with van der Waals surface area (Å²) in [6, 6.07) is -1.53. The Morgan fingerprint density at radius 1 is 1.39 bits per heavy atom. The molecule has 1 unspecified atom stereocenters. The zero-order valence-corrected chi connectivity index (χ0v) is 11.2. The molecule has 3 N–H and O–H groups in total. The van der Waals surface area contributed by atoms with E-state index in [1.165, 1.54) is 11.3 Å². The van der Waals surface area contributed by atoms with E-state index in [4.69, 9.17) is 5.11 Å². The number of nitrogens with zero attached hydrogens (tertiary/aromatic N) is 1. The molecule has 100 valence electrons. The van der Waals surface area contributed by atoms with E-state index in [0.717, 1.165) is 5.01 Å². The summed E-state index contributed by atoms with van der Waals surface area (Å²) in [5.74, 6) is -1.03. The van der Waals surface area contributed by atoms with E-state index < -0.39 is 18.0 Å². The molecule has 2 atom stereocenters. The molecule has 1 aromatic rings. The molecule has 0 fully saturated rings. The molecule has 0 radical (unpaired) electrons. The third-order valence-electron chi connectivity index (χ3n) is 2.47. The molecule has 0 saturated carbocycles. The highest BCUT2D eigenvalue weighted by molar-refractivity contribution is 7.09. The lowest BCUT2D eigenvalue weighted by molar-refractivity contribution is -0.139. The lowest BCUT2D eigenvalue weighted by Crippen LogP contribution is -2.46. The minimum atomic E-state index is -1.03. The fourth-order valence-electron chi connectivity index (χ4n) is 1.44. The van der Waals surface area contributed by atoms with Crippen LogP contribution in [0.4, 0.5) is 4.79 Å². The van der Waals surface area contributed by atoms with Gasteiger partial charge in [0, 0.05) is 11.6 Å². The van der Waals surface area contributed by atoms with Crippen molar-refractivity contribution in [2.24, 2.45) is 0 Å². The number of urea groups is 1. The number of amides is 2. The van der Waals surface area contributed by atoms with Crippen molar-refractivity contribution < 1.29 is 14.7 Å². The largest absolute Gasteiger partial charge is 0.480 e. The number of rotatable bonds is 6. The minimum absolute atomic E-state index is 0.184. The van der Waals surface area contributed by atoms with Crippen LogP contribution in [-0.4, -0.2) is 28.1 Å². The van der Waals surface area contributed by atoms with E-state index >= 15 is 0 Å². The summed E-state index contributed by atoms with van der Waals surface area (Å²) >= 11 is 1.46. The van der Waals surface area contributed by atoms with Gasteiger partial charge >= 0.3 is 12.0 Å². The molecular formula is C11H17N3O3S. The smallest absolute Gasteiger partial charge is 0.326 e. The van der Waals surface area contributed by atoms with Gasteiger partial charge in [-0.05, 0) is 12.8 Å². The highest BCUT2D eigenvalue weighted by atomic mass is 32.1. The van der Waals surface area contributed by atoms with E-state index in [1.54, 1.807) is 13.1 Å². The molecular weight excluding hydrogens is 254 g/mol. The van der Waals surface area contributed by atoms with Crippen molar-refractivity contribution in [3.63, 3.8) is 0 Å². The number of aliphatic carboxylic acids is 1. The number of carboxylic acid groups (broad SMARTS) is 1. The quantitative estimate of drug-likeness (QED) is 0.735. The van der Waals surface area contributed by atoms with E-state index in [1.807, 2.05) is 12.3 Å². The topological polar surface area (TPSA) is 91.3 Å². The SMILES string of the molecule is CCC(NC(=O)N[C@@H](CC)C(=O)O)c1nccs1. The van der Waals surface area contributed by atoms with Gasteiger partial charge in [0.2, 0.25) is 0 Å². The molecule has 0 saturated heterocycles. The maximum absolute atomic E-state index is 11.7. The molecule has 7 heteroatoms. The third kappa shape index (κ3) is 3.99. The van der Waals surface area contributed by atoms with Crippen molar-refractivity contribution in [3.05, 3.63) is 16.6 Å². The third-order valence-corrected chi connectivity index (χ3v) is 3.36. The number of nitrogens with one attached hydrogen (secondary N) is 2. The lowest BCUT2D eigenvalue weighted by Gasteiger charge is -2.17. The van der Waals surface area contributed by atoms with Crippen LogP contribution in [0.15, 0.2) is 11.6 Å². The number of carbonyl (C=O) groups is 2. The van der Waals surface area contributed by atoms with Gasteiger partial charge in [-0.25, -0.2) is 14.6 Å². The maximum Gasteiger partial charge on any atom is 0.326 e. The van der Waals surface area contributed by atoms with Crippen LogP contribution in [0.3, 0.4) is 0 Å². The molecule has 6 nitrogen and oxygen atoms in total. The second-order valence-corrected chi connectivity index (χ2v) is 4.67. The monoisotopic (exact) mass is 271 g/mol. The van der Waals surface area contributed by atoms with Gasteiger partial charge in [-0.15, -0.1) is 11.3 Å². The Morgan fingerprint density at radius 3 is 2.56 bits per heavy atom. The Kier molecular flexibility index (Phi) is 5.57. The van der Waals surface area contributed by atoms with Crippen LogP contribution in [0.5, 0.6) is 0 Å². The highest BCUT2D eigenvalue weighted by Gasteiger charge is 2.20. The molecule has 0 aliphatic carbocycles. The summed E-state index contributed by atoms with van der Waals surface area (Å²) in [5.41, 5.74) is 0. The Hall–Kier alpha value is -1.63. The van der Waals surface area contributed by atoms with Gasteiger partial charge in [0.15, 0.2) is 0 Å². The molecule has 1 heterocycles. The summed E-state index contributed by atoms with van der Waals surface area (Å²) < 4.78 is 0. The average Bonchev–Trinajstić information content (AvgIpc) is 2.86. The first-order chi connectivity index (χ1) is 8.58. The van der Waals surface area contributed by atoms with Crippen LogP contribution < -0.4 is 10.6 Å². The first-order valence-corrected chi connectivity index (χ1v) is 6.65. The first kappa shape index (κ1) is 14.4. The van der Waals surface area contributed by atoms with Crippen molar-refractivity contribution in [2.45, 2.75) is 38.8 Å². The van der Waals surface area contributed by atoms with Crippen molar-refractivity contribution in [1.29, 1.82) is 0 Å². The van der Waals surface area contributed by atoms with E-state index in [-0.39, 0.29) is 6.04 Å². The molecule has 0 aromatic carbocycles. The lowest BCUT2D eigenvalue weighted by atomic mass is 10.2. The maximum atomic E-state index is 11.7. The summed E-state index contributed by atoms with van der Waals surface area (Å²) in [5, 5.41) is 16.6. The second-order valence-electron chi connectivity index (χ2n) is 3.75. The standard InChI is InChI=1S/C11H17N3O3S/c1-3-7(9-12-5-6-18-9)13-11(17)14-8(4-2)10(15)16/h5-8H,3-4H2,1-2H3,(H,15,16)(H2,13,14,17)/t7?,8-/m0/s1. The summed E-state index contributed by atoms with van der Waals surface area (Å²) in [4.78, 5) is 26.6. The molecule has 18 heavy (non-hydrogen) atoms. The predicted octanol–water partition coefficient (Wildman–Crippen LogP) is 1.76. The van der Waals surface area contributed by atoms with Gasteiger partial charge in [0.1, 0.15) is 11.0 Å². The minimum Gasteiger partial charge on any atom is -0.480 e. The number of hydrogen-bond donors (Lipinski definition) is 3. The molecule has 1 aromatic heterocycles.